The van der Waals surface area contributed by atoms with Crippen molar-refractivity contribution >= 4 is 23.3 Å². The van der Waals surface area contributed by atoms with Gasteiger partial charge in [-0.25, -0.2) is 4.79 Å². The molecule has 0 atom stereocenters. The molecule has 7 heteroatoms. The topological polar surface area (TPSA) is 68.5 Å². The van der Waals surface area contributed by atoms with Crippen LogP contribution in [-0.4, -0.2) is 39.9 Å². The molecule has 144 valence electrons. The molecule has 0 saturated heterocycles. The van der Waals surface area contributed by atoms with Crippen LogP contribution in [0.5, 0.6) is 0 Å². The zero-order valence-electron chi connectivity index (χ0n) is 16.1. The highest BCUT2D eigenvalue weighted by Gasteiger charge is 2.24. The first kappa shape index (κ1) is 19.4. The van der Waals surface area contributed by atoms with Crippen LogP contribution in [0.25, 0.3) is 17.0 Å². The fourth-order valence-corrected chi connectivity index (χ4v) is 3.13. The molecule has 0 spiro atoms. The Morgan fingerprint density at radius 2 is 2.11 bits per heavy atom. The zero-order valence-corrected chi connectivity index (χ0v) is 16.8. The summed E-state index contributed by atoms with van der Waals surface area (Å²) >= 11 is 6.50. The Balaban J connectivity index is 1.73. The number of carbonyl (C=O) groups excluding carboxylic acids is 1. The van der Waals surface area contributed by atoms with Crippen LogP contribution in [0.4, 0.5) is 4.79 Å². The highest BCUT2D eigenvalue weighted by molar-refractivity contribution is 6.32. The van der Waals surface area contributed by atoms with Crippen LogP contribution in [0.2, 0.25) is 5.02 Å². The molecule has 0 radical (unpaired) electrons. The van der Waals surface area contributed by atoms with E-state index in [0.29, 0.717) is 36.3 Å². The second-order valence-electron chi connectivity index (χ2n) is 7.45. The number of rotatable bonds is 3. The van der Waals surface area contributed by atoms with E-state index in [0.717, 1.165) is 23.1 Å². The van der Waals surface area contributed by atoms with Crippen LogP contribution in [0.15, 0.2) is 28.7 Å². The Morgan fingerprint density at radius 3 is 2.67 bits per heavy atom. The summed E-state index contributed by atoms with van der Waals surface area (Å²) in [4.78, 5) is 13.9. The lowest BCUT2D eigenvalue weighted by atomic mass is 9.98. The average Bonchev–Trinajstić information content (AvgIpc) is 3.09. The predicted octanol–water partition coefficient (Wildman–Crippen LogP) is 4.98. The van der Waals surface area contributed by atoms with Crippen LogP contribution < -0.4 is 0 Å². The van der Waals surface area contributed by atoms with Crippen molar-refractivity contribution in [1.82, 2.24) is 15.1 Å². The highest BCUT2D eigenvalue weighted by Crippen LogP contribution is 2.32. The van der Waals surface area contributed by atoms with Gasteiger partial charge in [-0.15, -0.1) is 10.2 Å². The van der Waals surface area contributed by atoms with Gasteiger partial charge in [0, 0.05) is 30.1 Å². The van der Waals surface area contributed by atoms with Crippen molar-refractivity contribution in [3.63, 3.8) is 0 Å². The predicted molar refractivity (Wildman–Crippen MR) is 105 cm³/mol. The van der Waals surface area contributed by atoms with Crippen molar-refractivity contribution in [3.05, 3.63) is 40.8 Å². The normalized spacial score (nSPS) is 14.9. The lowest BCUT2D eigenvalue weighted by Crippen LogP contribution is -2.39. The summed E-state index contributed by atoms with van der Waals surface area (Å²) in [7, 11) is 0. The van der Waals surface area contributed by atoms with Crippen LogP contribution in [0.3, 0.4) is 0 Å². The molecule has 0 saturated carbocycles. The van der Waals surface area contributed by atoms with Gasteiger partial charge in [-0.3, -0.25) is 0 Å². The molecule has 0 fully saturated rings. The summed E-state index contributed by atoms with van der Waals surface area (Å²) in [5, 5.41) is 8.66. The van der Waals surface area contributed by atoms with Gasteiger partial charge >= 0.3 is 6.09 Å². The van der Waals surface area contributed by atoms with Crippen LogP contribution in [0, 0.1) is 0 Å². The fourth-order valence-electron chi connectivity index (χ4n) is 2.83. The third-order valence-electron chi connectivity index (χ3n) is 4.19. The molecule has 27 heavy (non-hydrogen) atoms. The molecule has 3 rings (SSSR count). The Hall–Kier alpha value is -2.34. The van der Waals surface area contributed by atoms with Gasteiger partial charge in [-0.1, -0.05) is 30.7 Å². The number of aryl methyl sites for hydroxylation is 1. The number of ether oxygens (including phenoxy) is 1. The maximum atomic E-state index is 12.2. The summed E-state index contributed by atoms with van der Waals surface area (Å²) in [6, 6.07) is 5.72. The second-order valence-corrected chi connectivity index (χ2v) is 7.86. The van der Waals surface area contributed by atoms with Crippen LogP contribution in [0.1, 0.15) is 45.6 Å². The average molecular weight is 390 g/mol. The van der Waals surface area contributed by atoms with Gasteiger partial charge in [0.05, 0.1) is 0 Å². The zero-order chi connectivity index (χ0) is 19.6. The standard InChI is InChI=1S/C20H24ClN3O3/c1-5-17-22-23-18(26-17)14-6-7-15(16(21)12-14)13-8-10-24(11-9-13)19(25)27-20(2,3)4/h6-8,12H,5,9-11H2,1-4H3. The Kier molecular flexibility index (Phi) is 5.56. The number of benzene rings is 1. The number of hydrogen-bond acceptors (Lipinski definition) is 5. The first-order valence-electron chi connectivity index (χ1n) is 9.06. The summed E-state index contributed by atoms with van der Waals surface area (Å²) in [5.74, 6) is 1.07. The van der Waals surface area contributed by atoms with Crippen molar-refractivity contribution in [3.8, 4) is 11.5 Å². The lowest BCUT2D eigenvalue weighted by molar-refractivity contribution is 0.0270. The SMILES string of the molecule is CCc1nnc(-c2ccc(C3=CCN(C(=O)OC(C)(C)C)CC3)c(Cl)c2)o1. The number of halogens is 1. The molecule has 2 heterocycles. The summed E-state index contributed by atoms with van der Waals surface area (Å²) in [5.41, 5.74) is 2.38. The number of amides is 1. The largest absolute Gasteiger partial charge is 0.444 e. The molecular weight excluding hydrogens is 366 g/mol. The minimum atomic E-state index is -0.493. The van der Waals surface area contributed by atoms with Gasteiger partial charge in [-0.05, 0) is 50.5 Å². The van der Waals surface area contributed by atoms with Crippen LogP contribution >= 0.6 is 11.6 Å². The Labute approximate surface area is 164 Å². The van der Waals surface area contributed by atoms with E-state index >= 15 is 0 Å². The number of hydrogen-bond donors (Lipinski definition) is 0. The molecule has 0 bridgehead atoms. The molecule has 1 aliphatic heterocycles. The lowest BCUT2D eigenvalue weighted by Gasteiger charge is -2.29. The molecular formula is C20H24ClN3O3. The molecule has 2 aromatic rings. The van der Waals surface area contributed by atoms with Crippen molar-refractivity contribution in [1.29, 1.82) is 0 Å². The third-order valence-corrected chi connectivity index (χ3v) is 4.50. The summed E-state index contributed by atoms with van der Waals surface area (Å²) in [6.45, 7) is 8.66. The van der Waals surface area contributed by atoms with E-state index in [1.807, 2.05) is 52.0 Å². The Bertz CT molecular complexity index is 868. The second kappa shape index (κ2) is 7.72. The van der Waals surface area contributed by atoms with E-state index < -0.39 is 5.60 Å². The highest BCUT2D eigenvalue weighted by atomic mass is 35.5. The van der Waals surface area contributed by atoms with Crippen molar-refractivity contribution in [2.24, 2.45) is 0 Å². The molecule has 1 aromatic heterocycles. The maximum absolute atomic E-state index is 12.2. The molecule has 1 aliphatic rings. The molecule has 0 unspecified atom stereocenters. The van der Waals surface area contributed by atoms with Gasteiger partial charge in [0.1, 0.15) is 5.60 Å². The van der Waals surface area contributed by atoms with E-state index in [4.69, 9.17) is 20.8 Å². The molecule has 0 N–H and O–H groups in total. The first-order valence-corrected chi connectivity index (χ1v) is 9.44. The molecule has 0 aliphatic carbocycles. The van der Waals surface area contributed by atoms with Gasteiger partial charge in [0.2, 0.25) is 11.8 Å². The monoisotopic (exact) mass is 389 g/mol. The summed E-state index contributed by atoms with van der Waals surface area (Å²) < 4.78 is 11.0. The van der Waals surface area contributed by atoms with Gasteiger partial charge in [0.15, 0.2) is 0 Å². The Morgan fingerprint density at radius 1 is 1.33 bits per heavy atom. The first-order chi connectivity index (χ1) is 12.8. The maximum Gasteiger partial charge on any atom is 0.410 e. The van der Waals surface area contributed by atoms with Crippen molar-refractivity contribution in [2.75, 3.05) is 13.1 Å². The minimum absolute atomic E-state index is 0.289. The minimum Gasteiger partial charge on any atom is -0.444 e. The van der Waals surface area contributed by atoms with Gasteiger partial charge in [-0.2, -0.15) is 0 Å². The van der Waals surface area contributed by atoms with E-state index in [-0.39, 0.29) is 6.09 Å². The van der Waals surface area contributed by atoms with E-state index in [9.17, 15) is 4.79 Å². The number of carbonyl (C=O) groups is 1. The quantitative estimate of drug-likeness (QED) is 0.740. The molecule has 1 aromatic carbocycles. The third kappa shape index (κ3) is 4.69. The van der Waals surface area contributed by atoms with Crippen molar-refractivity contribution < 1.29 is 13.9 Å². The van der Waals surface area contributed by atoms with E-state index in [1.165, 1.54) is 0 Å². The summed E-state index contributed by atoms with van der Waals surface area (Å²) in [6.07, 6.45) is 3.15. The number of aromatic nitrogens is 2. The molecule has 6 nitrogen and oxygen atoms in total. The van der Waals surface area contributed by atoms with Crippen LogP contribution in [-0.2, 0) is 11.2 Å². The smallest absolute Gasteiger partial charge is 0.410 e. The van der Waals surface area contributed by atoms with E-state index in [2.05, 4.69) is 10.2 Å². The van der Waals surface area contributed by atoms with Gasteiger partial charge in [0.25, 0.3) is 0 Å². The van der Waals surface area contributed by atoms with E-state index in [1.54, 1.807) is 4.90 Å². The number of nitrogens with zero attached hydrogens (tertiary/aromatic N) is 3. The fraction of sp³-hybridized carbons (Fsp3) is 0.450. The molecule has 1 amide bonds. The van der Waals surface area contributed by atoms with Gasteiger partial charge < -0.3 is 14.1 Å². The van der Waals surface area contributed by atoms with Crippen molar-refractivity contribution in [2.45, 2.75) is 46.1 Å².